The third kappa shape index (κ3) is 2.44. The van der Waals surface area contributed by atoms with E-state index < -0.39 is 0 Å². The summed E-state index contributed by atoms with van der Waals surface area (Å²) in [7, 11) is 0. The predicted octanol–water partition coefficient (Wildman–Crippen LogP) is 3.10. The van der Waals surface area contributed by atoms with Gasteiger partial charge in [0.2, 0.25) is 0 Å². The van der Waals surface area contributed by atoms with Crippen molar-refractivity contribution in [1.29, 1.82) is 0 Å². The van der Waals surface area contributed by atoms with Gasteiger partial charge in [-0.15, -0.1) is 0 Å². The van der Waals surface area contributed by atoms with Gasteiger partial charge in [0.25, 0.3) is 0 Å². The van der Waals surface area contributed by atoms with Crippen molar-refractivity contribution < 1.29 is 10.2 Å². The molecule has 2 aromatic carbocycles. The monoisotopic (exact) mass is 286 g/mol. The summed E-state index contributed by atoms with van der Waals surface area (Å²) in [4.78, 5) is 0. The van der Waals surface area contributed by atoms with Crippen molar-refractivity contribution in [2.24, 2.45) is 5.10 Å². The predicted molar refractivity (Wildman–Crippen MR) is 81.0 cm³/mol. The smallest absolute Gasteiger partial charge is 0.126 e. The molecule has 0 unspecified atom stereocenters. The number of aromatic hydroxyl groups is 2. The molecule has 0 aromatic heterocycles. The Bertz CT molecular complexity index is 668. The molecule has 2 aromatic rings. The zero-order valence-corrected chi connectivity index (χ0v) is 11.7. The van der Waals surface area contributed by atoms with Crippen LogP contribution in [0.1, 0.15) is 22.1 Å². The Kier molecular flexibility index (Phi) is 3.28. The molecule has 0 aliphatic carbocycles. The standard InChI is InChI=1S/C15H14N2O2S/c1-9-2-4-10(5-3-9)14-16-17-15(20-14)12-7-6-11(18)8-13(12)19/h2-8,15,17-19H,1H3/t15-/m0/s1. The molecular formula is C15H14N2O2S. The summed E-state index contributed by atoms with van der Waals surface area (Å²) < 4.78 is 0. The fourth-order valence-corrected chi connectivity index (χ4v) is 3.03. The maximum atomic E-state index is 9.88. The summed E-state index contributed by atoms with van der Waals surface area (Å²) in [5, 5.41) is 24.3. The van der Waals surface area contributed by atoms with Crippen LogP contribution in [0, 0.1) is 6.92 Å². The Balaban J connectivity index is 1.80. The van der Waals surface area contributed by atoms with Crippen molar-refractivity contribution >= 4 is 16.8 Å². The molecule has 20 heavy (non-hydrogen) atoms. The van der Waals surface area contributed by atoms with Crippen LogP contribution in [0.25, 0.3) is 0 Å². The summed E-state index contributed by atoms with van der Waals surface area (Å²) in [6.45, 7) is 2.04. The van der Waals surface area contributed by atoms with E-state index in [9.17, 15) is 10.2 Å². The minimum atomic E-state index is -0.146. The van der Waals surface area contributed by atoms with E-state index in [4.69, 9.17) is 0 Å². The van der Waals surface area contributed by atoms with E-state index in [0.29, 0.717) is 5.56 Å². The topological polar surface area (TPSA) is 64.9 Å². The van der Waals surface area contributed by atoms with Crippen LogP contribution in [-0.4, -0.2) is 15.3 Å². The second-order valence-corrected chi connectivity index (χ2v) is 5.75. The number of hydrogen-bond donors (Lipinski definition) is 3. The fraction of sp³-hybridized carbons (Fsp3) is 0.133. The van der Waals surface area contributed by atoms with E-state index in [1.165, 1.54) is 23.4 Å². The first-order chi connectivity index (χ1) is 9.63. The normalized spacial score (nSPS) is 17.6. The van der Waals surface area contributed by atoms with Crippen LogP contribution in [0.4, 0.5) is 0 Å². The highest BCUT2D eigenvalue weighted by Crippen LogP contribution is 2.39. The van der Waals surface area contributed by atoms with Crippen LogP contribution >= 0.6 is 11.8 Å². The Labute approximate surface area is 121 Å². The maximum Gasteiger partial charge on any atom is 0.126 e. The first kappa shape index (κ1) is 12.9. The average molecular weight is 286 g/mol. The highest BCUT2D eigenvalue weighted by molar-refractivity contribution is 8.14. The van der Waals surface area contributed by atoms with Crippen molar-refractivity contribution in [3.63, 3.8) is 0 Å². The number of aryl methyl sites for hydroxylation is 1. The first-order valence-electron chi connectivity index (χ1n) is 6.22. The van der Waals surface area contributed by atoms with E-state index in [1.54, 1.807) is 12.1 Å². The second kappa shape index (κ2) is 5.09. The summed E-state index contributed by atoms with van der Waals surface area (Å²) in [6.07, 6.45) is 0. The number of thioether (sulfide) groups is 1. The van der Waals surface area contributed by atoms with Gasteiger partial charge in [-0.1, -0.05) is 41.6 Å². The Morgan fingerprint density at radius 2 is 1.85 bits per heavy atom. The summed E-state index contributed by atoms with van der Waals surface area (Å²) >= 11 is 1.54. The van der Waals surface area contributed by atoms with E-state index >= 15 is 0 Å². The van der Waals surface area contributed by atoms with Crippen LogP contribution in [0.2, 0.25) is 0 Å². The van der Waals surface area contributed by atoms with Crippen LogP contribution in [0.15, 0.2) is 47.6 Å². The molecule has 4 nitrogen and oxygen atoms in total. The molecule has 0 radical (unpaired) electrons. The van der Waals surface area contributed by atoms with Gasteiger partial charge in [-0.2, -0.15) is 5.10 Å². The molecule has 5 heteroatoms. The summed E-state index contributed by atoms with van der Waals surface area (Å²) in [6, 6.07) is 12.7. The molecule has 1 aliphatic heterocycles. The van der Waals surface area contributed by atoms with Gasteiger partial charge in [-0.3, -0.25) is 5.43 Å². The van der Waals surface area contributed by atoms with Crippen LogP contribution in [0.5, 0.6) is 11.5 Å². The molecule has 0 saturated heterocycles. The largest absolute Gasteiger partial charge is 0.508 e. The summed E-state index contributed by atoms with van der Waals surface area (Å²) in [5.41, 5.74) is 5.97. The lowest BCUT2D eigenvalue weighted by atomic mass is 10.2. The van der Waals surface area contributed by atoms with Gasteiger partial charge in [0.05, 0.1) is 0 Å². The van der Waals surface area contributed by atoms with Crippen molar-refractivity contribution in [1.82, 2.24) is 5.43 Å². The SMILES string of the molecule is Cc1ccc(C2=NN[C@H](c3ccc(O)cc3O)S2)cc1. The number of benzene rings is 2. The van der Waals surface area contributed by atoms with Gasteiger partial charge < -0.3 is 10.2 Å². The van der Waals surface area contributed by atoms with Crippen LogP contribution < -0.4 is 5.43 Å². The van der Waals surface area contributed by atoms with E-state index in [0.717, 1.165) is 10.6 Å². The molecule has 1 heterocycles. The molecule has 3 rings (SSSR count). The lowest BCUT2D eigenvalue weighted by molar-refractivity contribution is 0.444. The number of phenolic OH excluding ortho intramolecular Hbond substituents is 2. The number of hydrogen-bond acceptors (Lipinski definition) is 5. The highest BCUT2D eigenvalue weighted by atomic mass is 32.2. The van der Waals surface area contributed by atoms with Gasteiger partial charge in [-0.05, 0) is 19.1 Å². The number of nitrogens with zero attached hydrogens (tertiary/aromatic N) is 1. The summed E-state index contributed by atoms with van der Waals surface area (Å²) in [5.74, 6) is 0.115. The third-order valence-corrected chi connectivity index (χ3v) is 4.25. The van der Waals surface area contributed by atoms with Gasteiger partial charge in [0, 0.05) is 17.2 Å². The van der Waals surface area contributed by atoms with Crippen LogP contribution in [0.3, 0.4) is 0 Å². The zero-order valence-electron chi connectivity index (χ0n) is 10.9. The molecule has 0 saturated carbocycles. The Morgan fingerprint density at radius 1 is 1.10 bits per heavy atom. The van der Waals surface area contributed by atoms with Gasteiger partial charge in [0.15, 0.2) is 0 Å². The minimum absolute atomic E-state index is 0.0499. The van der Waals surface area contributed by atoms with Crippen molar-refractivity contribution in [3.05, 3.63) is 59.2 Å². The second-order valence-electron chi connectivity index (χ2n) is 4.65. The number of nitrogens with one attached hydrogen (secondary N) is 1. The zero-order chi connectivity index (χ0) is 14.1. The van der Waals surface area contributed by atoms with Gasteiger partial charge in [0.1, 0.15) is 21.9 Å². The van der Waals surface area contributed by atoms with E-state index in [2.05, 4.69) is 10.5 Å². The number of rotatable bonds is 2. The number of phenols is 2. The lowest BCUT2D eigenvalue weighted by Gasteiger charge is -2.11. The Hall–Kier alpha value is -2.14. The maximum absolute atomic E-state index is 9.88. The molecule has 102 valence electrons. The third-order valence-electron chi connectivity index (χ3n) is 3.11. The average Bonchev–Trinajstić information content (AvgIpc) is 2.89. The molecular weight excluding hydrogens is 272 g/mol. The lowest BCUT2D eigenvalue weighted by Crippen LogP contribution is -2.06. The molecule has 0 spiro atoms. The molecule has 0 fully saturated rings. The van der Waals surface area contributed by atoms with Gasteiger partial charge >= 0.3 is 0 Å². The highest BCUT2D eigenvalue weighted by Gasteiger charge is 2.24. The van der Waals surface area contributed by atoms with Crippen molar-refractivity contribution in [2.75, 3.05) is 0 Å². The van der Waals surface area contributed by atoms with E-state index in [-0.39, 0.29) is 16.9 Å². The van der Waals surface area contributed by atoms with Crippen molar-refractivity contribution in [2.45, 2.75) is 12.3 Å². The minimum Gasteiger partial charge on any atom is -0.508 e. The fourth-order valence-electron chi connectivity index (χ4n) is 2.00. The molecule has 0 bridgehead atoms. The van der Waals surface area contributed by atoms with Crippen LogP contribution in [-0.2, 0) is 0 Å². The molecule has 0 amide bonds. The van der Waals surface area contributed by atoms with Crippen molar-refractivity contribution in [3.8, 4) is 11.5 Å². The van der Waals surface area contributed by atoms with Gasteiger partial charge in [-0.25, -0.2) is 0 Å². The number of hydrazone groups is 1. The Morgan fingerprint density at radius 3 is 2.55 bits per heavy atom. The molecule has 3 N–H and O–H groups in total. The molecule has 1 aliphatic rings. The van der Waals surface area contributed by atoms with E-state index in [1.807, 2.05) is 31.2 Å². The quantitative estimate of drug-likeness (QED) is 0.793. The molecule has 1 atom stereocenters. The first-order valence-corrected chi connectivity index (χ1v) is 7.10.